The maximum Gasteiger partial charge on any atom is 0.138 e. The van der Waals surface area contributed by atoms with Crippen molar-refractivity contribution >= 4 is 40.3 Å². The van der Waals surface area contributed by atoms with Crippen molar-refractivity contribution in [2.75, 3.05) is 0 Å². The van der Waals surface area contributed by atoms with Crippen molar-refractivity contribution in [2.45, 2.75) is 60.8 Å². The lowest BCUT2D eigenvalue weighted by molar-refractivity contribution is 0.220. The molecule has 0 saturated heterocycles. The maximum atomic E-state index is 10.2. The number of phenols is 1. The van der Waals surface area contributed by atoms with Crippen LogP contribution in [0.4, 0.5) is 0 Å². The zero-order valence-corrected chi connectivity index (χ0v) is 16.6. The summed E-state index contributed by atoms with van der Waals surface area (Å²) in [4.78, 5) is 0.917. The van der Waals surface area contributed by atoms with Crippen LogP contribution >= 0.6 is 35.4 Å². The van der Waals surface area contributed by atoms with Gasteiger partial charge in [0.2, 0.25) is 0 Å². The van der Waals surface area contributed by atoms with Crippen molar-refractivity contribution in [3.8, 4) is 5.75 Å². The lowest BCUT2D eigenvalue weighted by atomic mass is 9.73. The van der Waals surface area contributed by atoms with E-state index in [1.54, 1.807) is 13.0 Å². The minimum Gasteiger partial charge on any atom is -0.506 e. The Labute approximate surface area is 150 Å². The molecule has 0 aliphatic rings. The molecule has 1 nitrogen and oxygen atoms in total. The third-order valence-corrected chi connectivity index (χ3v) is 4.72. The zero-order chi connectivity index (χ0) is 17.3. The Kier molecular flexibility index (Phi) is 6.34. The van der Waals surface area contributed by atoms with E-state index in [1.165, 1.54) is 0 Å². The number of benzene rings is 1. The molecule has 0 amide bonds. The molecular formula is C18H26Cl2OS. The molecule has 0 heterocycles. The molecule has 0 unspecified atom stereocenters. The topological polar surface area (TPSA) is 20.2 Å². The monoisotopic (exact) mass is 360 g/mol. The van der Waals surface area contributed by atoms with Crippen molar-refractivity contribution in [1.29, 1.82) is 0 Å². The van der Waals surface area contributed by atoms with Crippen molar-refractivity contribution in [2.24, 2.45) is 10.8 Å². The third kappa shape index (κ3) is 5.72. The van der Waals surface area contributed by atoms with Gasteiger partial charge in [-0.15, -0.1) is 0 Å². The molecule has 0 aliphatic carbocycles. The van der Waals surface area contributed by atoms with Crippen LogP contribution < -0.4 is 0 Å². The van der Waals surface area contributed by atoms with E-state index in [2.05, 4.69) is 34.6 Å². The summed E-state index contributed by atoms with van der Waals surface area (Å²) < 4.78 is 0. The first-order valence-electron chi connectivity index (χ1n) is 7.50. The normalized spacial score (nSPS) is 12.5. The van der Waals surface area contributed by atoms with Crippen LogP contribution in [0, 0.1) is 17.8 Å². The van der Waals surface area contributed by atoms with Crippen LogP contribution in [-0.2, 0) is 6.42 Å². The Hall–Kier alpha value is -0.310. The predicted molar refractivity (Wildman–Crippen MR) is 102 cm³/mol. The first kappa shape index (κ1) is 19.7. The van der Waals surface area contributed by atoms with Crippen LogP contribution in [0.15, 0.2) is 6.07 Å². The van der Waals surface area contributed by atoms with Gasteiger partial charge in [0.25, 0.3) is 0 Å². The predicted octanol–water partition coefficient (Wildman–Crippen LogP) is 6.77. The largest absolute Gasteiger partial charge is 0.506 e. The highest BCUT2D eigenvalue weighted by atomic mass is 35.5. The first-order chi connectivity index (χ1) is 9.82. The summed E-state index contributed by atoms with van der Waals surface area (Å²) in [5.74, 6) is 0.0968. The van der Waals surface area contributed by atoms with Gasteiger partial charge in [0.15, 0.2) is 0 Å². The standard InChI is InChI=1S/C18H26Cl2OS/c1-11-14(19)8-12(16(21)15(11)20)7-13(22)9-18(5,6)10-17(2,3)4/h8,21H,7,9-10H2,1-6H3. The van der Waals surface area contributed by atoms with E-state index in [1.807, 2.05) is 0 Å². The Morgan fingerprint density at radius 1 is 1.18 bits per heavy atom. The molecule has 124 valence electrons. The van der Waals surface area contributed by atoms with E-state index in [0.717, 1.165) is 17.7 Å². The Bertz CT molecular complexity index is 571. The average Bonchev–Trinajstić information content (AvgIpc) is 2.29. The lowest BCUT2D eigenvalue weighted by Gasteiger charge is -2.32. The van der Waals surface area contributed by atoms with Crippen LogP contribution in [0.5, 0.6) is 5.75 Å². The van der Waals surface area contributed by atoms with Crippen LogP contribution in [0.3, 0.4) is 0 Å². The van der Waals surface area contributed by atoms with E-state index in [0.29, 0.717) is 27.6 Å². The highest BCUT2D eigenvalue weighted by Gasteiger charge is 2.27. The van der Waals surface area contributed by atoms with Crippen LogP contribution in [0.1, 0.15) is 58.6 Å². The Balaban J connectivity index is 2.86. The van der Waals surface area contributed by atoms with Crippen molar-refractivity contribution in [3.05, 3.63) is 27.2 Å². The molecule has 0 aromatic heterocycles. The molecule has 0 bridgehead atoms. The van der Waals surface area contributed by atoms with E-state index in [9.17, 15) is 5.11 Å². The van der Waals surface area contributed by atoms with Crippen LogP contribution in [-0.4, -0.2) is 9.97 Å². The van der Waals surface area contributed by atoms with Crippen LogP contribution in [0.2, 0.25) is 10.0 Å². The second-order valence-corrected chi connectivity index (χ2v) is 9.46. The molecule has 0 spiro atoms. The molecule has 0 radical (unpaired) electrons. The van der Waals surface area contributed by atoms with Gasteiger partial charge in [-0.1, -0.05) is 70.0 Å². The molecule has 1 aromatic rings. The SMILES string of the molecule is Cc1c(Cl)cc(CC(=S)CC(C)(C)CC(C)(C)C)c(O)c1Cl. The van der Waals surface area contributed by atoms with E-state index in [-0.39, 0.29) is 16.6 Å². The van der Waals surface area contributed by atoms with Gasteiger partial charge >= 0.3 is 0 Å². The van der Waals surface area contributed by atoms with E-state index < -0.39 is 0 Å². The molecule has 1 rings (SSSR count). The number of hydrogen-bond acceptors (Lipinski definition) is 2. The Morgan fingerprint density at radius 3 is 2.23 bits per heavy atom. The number of aromatic hydroxyl groups is 1. The summed E-state index contributed by atoms with van der Waals surface area (Å²) in [6.45, 7) is 13.0. The minimum absolute atomic E-state index is 0.0968. The maximum absolute atomic E-state index is 10.2. The molecule has 22 heavy (non-hydrogen) atoms. The second-order valence-electron chi connectivity index (χ2n) is 8.10. The van der Waals surface area contributed by atoms with Crippen molar-refractivity contribution < 1.29 is 5.11 Å². The van der Waals surface area contributed by atoms with Gasteiger partial charge in [0, 0.05) is 17.0 Å². The fraction of sp³-hybridized carbons (Fsp3) is 0.611. The zero-order valence-electron chi connectivity index (χ0n) is 14.3. The van der Waals surface area contributed by atoms with Gasteiger partial charge in [-0.3, -0.25) is 0 Å². The van der Waals surface area contributed by atoms with Gasteiger partial charge in [0.05, 0.1) is 5.02 Å². The number of thiocarbonyl (C=S) groups is 1. The summed E-state index contributed by atoms with van der Waals surface area (Å²) in [6.07, 6.45) is 2.44. The smallest absolute Gasteiger partial charge is 0.138 e. The van der Waals surface area contributed by atoms with Gasteiger partial charge in [-0.2, -0.15) is 0 Å². The summed E-state index contributed by atoms with van der Waals surface area (Å²) in [5.41, 5.74) is 1.79. The second kappa shape index (κ2) is 7.07. The molecular weight excluding hydrogens is 335 g/mol. The molecule has 0 atom stereocenters. The molecule has 0 saturated carbocycles. The fourth-order valence-electron chi connectivity index (χ4n) is 3.19. The summed E-state index contributed by atoms with van der Waals surface area (Å²) in [6, 6.07) is 1.77. The average molecular weight is 361 g/mol. The molecule has 1 aromatic carbocycles. The van der Waals surface area contributed by atoms with E-state index in [4.69, 9.17) is 35.4 Å². The van der Waals surface area contributed by atoms with Gasteiger partial charge in [-0.05, 0) is 47.1 Å². The number of hydrogen-bond donors (Lipinski definition) is 1. The van der Waals surface area contributed by atoms with Crippen LogP contribution in [0.25, 0.3) is 0 Å². The fourth-order valence-corrected chi connectivity index (χ4v) is 4.24. The lowest BCUT2D eigenvalue weighted by Crippen LogP contribution is -2.24. The van der Waals surface area contributed by atoms with Crippen molar-refractivity contribution in [3.63, 3.8) is 0 Å². The first-order valence-corrected chi connectivity index (χ1v) is 8.67. The number of rotatable bonds is 5. The van der Waals surface area contributed by atoms with Crippen molar-refractivity contribution in [1.82, 2.24) is 0 Å². The van der Waals surface area contributed by atoms with Gasteiger partial charge in [0.1, 0.15) is 5.75 Å². The third-order valence-electron chi connectivity index (χ3n) is 3.57. The molecule has 0 aliphatic heterocycles. The van der Waals surface area contributed by atoms with Gasteiger partial charge < -0.3 is 5.11 Å². The highest BCUT2D eigenvalue weighted by Crippen LogP contribution is 2.38. The van der Waals surface area contributed by atoms with E-state index >= 15 is 0 Å². The molecule has 1 N–H and O–H groups in total. The van der Waals surface area contributed by atoms with Gasteiger partial charge in [-0.25, -0.2) is 0 Å². The Morgan fingerprint density at radius 2 is 1.73 bits per heavy atom. The highest BCUT2D eigenvalue weighted by molar-refractivity contribution is 7.80. The molecule has 0 fully saturated rings. The minimum atomic E-state index is 0.0968. The molecule has 4 heteroatoms. The quantitative estimate of drug-likeness (QED) is 0.584. The number of phenolic OH excluding ortho intramolecular Hbond substituents is 1. The number of halogens is 2. The summed E-state index contributed by atoms with van der Waals surface area (Å²) in [5, 5.41) is 11.1. The summed E-state index contributed by atoms with van der Waals surface area (Å²) >= 11 is 17.8. The summed E-state index contributed by atoms with van der Waals surface area (Å²) in [7, 11) is 0.